The summed E-state index contributed by atoms with van der Waals surface area (Å²) in [6, 6.07) is 20.4. The Balaban J connectivity index is 1.49. The fourth-order valence-corrected chi connectivity index (χ4v) is 4.01. The zero-order valence-corrected chi connectivity index (χ0v) is 17.4. The van der Waals surface area contributed by atoms with E-state index in [9.17, 15) is 13.2 Å². The van der Waals surface area contributed by atoms with E-state index in [0.717, 1.165) is 16.3 Å². The lowest BCUT2D eigenvalue weighted by Crippen LogP contribution is -2.26. The van der Waals surface area contributed by atoms with Crippen LogP contribution in [0.5, 0.6) is 0 Å². The Kier molecular flexibility index (Phi) is 6.67. The van der Waals surface area contributed by atoms with Crippen LogP contribution in [0.1, 0.15) is 37.3 Å². The van der Waals surface area contributed by atoms with Crippen LogP contribution in [0.3, 0.4) is 0 Å². The van der Waals surface area contributed by atoms with Gasteiger partial charge in [0.15, 0.2) is 0 Å². The first-order chi connectivity index (χ1) is 13.8. The van der Waals surface area contributed by atoms with Crippen molar-refractivity contribution >= 4 is 26.8 Å². The Labute approximate surface area is 171 Å². The highest BCUT2D eigenvalue weighted by atomic mass is 32.2. The Hall–Kier alpha value is -2.70. The van der Waals surface area contributed by atoms with Gasteiger partial charge in [-0.1, -0.05) is 68.4 Å². The van der Waals surface area contributed by atoms with Crippen molar-refractivity contribution in [2.75, 3.05) is 6.54 Å². The Bertz CT molecular complexity index is 1090. The quantitative estimate of drug-likeness (QED) is 0.559. The lowest BCUT2D eigenvalue weighted by atomic mass is 10.0. The molecule has 0 unspecified atom stereocenters. The monoisotopic (exact) mass is 411 g/mol. The Morgan fingerprint density at radius 1 is 0.966 bits per heavy atom. The van der Waals surface area contributed by atoms with Crippen molar-refractivity contribution in [3.8, 4) is 0 Å². The molecular weight excluding hydrogens is 386 g/mol. The summed E-state index contributed by atoms with van der Waals surface area (Å²) < 4.78 is 32.6. The van der Waals surface area contributed by atoms with E-state index in [1.165, 1.54) is 5.56 Å². The third-order valence-electron chi connectivity index (χ3n) is 4.70. The topological polar surface area (TPSA) is 72.5 Å². The summed E-state index contributed by atoms with van der Waals surface area (Å²) in [5, 5.41) is 1.81. The lowest BCUT2D eigenvalue weighted by Gasteiger charge is -2.09. The number of nitrogens with one attached hydrogen (secondary N) is 1. The molecule has 0 heterocycles. The number of sulfonamides is 1. The van der Waals surface area contributed by atoms with Crippen molar-refractivity contribution in [3.63, 3.8) is 0 Å². The number of carbonyl (C=O) groups excluding carboxylic acids is 1. The molecule has 0 saturated carbocycles. The van der Waals surface area contributed by atoms with E-state index in [1.54, 1.807) is 18.2 Å². The van der Waals surface area contributed by atoms with Crippen LogP contribution in [0.15, 0.2) is 71.6 Å². The molecule has 29 heavy (non-hydrogen) atoms. The van der Waals surface area contributed by atoms with Gasteiger partial charge in [0, 0.05) is 6.54 Å². The molecule has 0 amide bonds. The van der Waals surface area contributed by atoms with Crippen molar-refractivity contribution in [1.82, 2.24) is 4.72 Å². The number of fused-ring (bicyclic) bond motifs is 1. The Morgan fingerprint density at radius 2 is 1.66 bits per heavy atom. The van der Waals surface area contributed by atoms with Crippen LogP contribution in [0.2, 0.25) is 0 Å². The maximum absolute atomic E-state index is 12.5. The van der Waals surface area contributed by atoms with Crippen LogP contribution >= 0.6 is 0 Å². The summed E-state index contributed by atoms with van der Waals surface area (Å²) in [5.74, 6) is 0.00127. The van der Waals surface area contributed by atoms with Gasteiger partial charge in [0.05, 0.1) is 11.3 Å². The predicted molar refractivity (Wildman–Crippen MR) is 114 cm³/mol. The van der Waals surface area contributed by atoms with Crippen LogP contribution in [0.25, 0.3) is 10.8 Å². The first kappa shape index (κ1) is 21.0. The molecule has 0 saturated heterocycles. The molecule has 3 aromatic rings. The highest BCUT2D eigenvalue weighted by molar-refractivity contribution is 7.89. The van der Waals surface area contributed by atoms with Crippen LogP contribution in [0.4, 0.5) is 0 Å². The van der Waals surface area contributed by atoms with E-state index in [1.807, 2.05) is 48.5 Å². The number of hydrogen-bond donors (Lipinski definition) is 1. The Morgan fingerprint density at radius 3 is 2.34 bits per heavy atom. The van der Waals surface area contributed by atoms with Gasteiger partial charge in [0.2, 0.25) is 10.0 Å². The summed E-state index contributed by atoms with van der Waals surface area (Å²) >= 11 is 0. The van der Waals surface area contributed by atoms with Gasteiger partial charge in [-0.3, -0.25) is 4.79 Å². The second-order valence-electron chi connectivity index (χ2n) is 7.21. The molecule has 0 radical (unpaired) electrons. The molecule has 0 atom stereocenters. The summed E-state index contributed by atoms with van der Waals surface area (Å²) in [6.07, 6.45) is -0.0309. The second kappa shape index (κ2) is 9.20. The third-order valence-corrected chi connectivity index (χ3v) is 6.16. The van der Waals surface area contributed by atoms with Gasteiger partial charge in [-0.15, -0.1) is 0 Å². The number of hydrogen-bond acceptors (Lipinski definition) is 4. The molecule has 3 aromatic carbocycles. The predicted octanol–water partition coefficient (Wildman–Crippen LogP) is 4.38. The molecule has 3 rings (SSSR count). The van der Waals surface area contributed by atoms with E-state index >= 15 is 0 Å². The standard InChI is InChI=1S/C23H25NO4S/c1-17(2)19-9-7-18(8-10-19)16-28-23(25)13-14-24-29(26,27)22-12-11-20-5-3-4-6-21(20)15-22/h3-12,15,17,24H,13-14,16H2,1-2H3. The molecule has 0 aliphatic heterocycles. The smallest absolute Gasteiger partial charge is 0.307 e. The highest BCUT2D eigenvalue weighted by Gasteiger charge is 2.15. The molecule has 1 N–H and O–H groups in total. The summed E-state index contributed by atoms with van der Waals surface area (Å²) in [6.45, 7) is 4.40. The maximum atomic E-state index is 12.5. The van der Waals surface area contributed by atoms with E-state index < -0.39 is 16.0 Å². The van der Waals surface area contributed by atoms with Crippen molar-refractivity contribution < 1.29 is 17.9 Å². The summed E-state index contributed by atoms with van der Waals surface area (Å²) in [5.41, 5.74) is 2.13. The van der Waals surface area contributed by atoms with E-state index in [-0.39, 0.29) is 24.5 Å². The minimum absolute atomic E-state index is 0.0136. The molecule has 0 aromatic heterocycles. The number of carbonyl (C=O) groups is 1. The van der Waals surface area contributed by atoms with Crippen molar-refractivity contribution in [2.45, 2.75) is 37.7 Å². The number of ether oxygens (including phenoxy) is 1. The van der Waals surface area contributed by atoms with Gasteiger partial charge in [-0.05, 0) is 39.9 Å². The fraction of sp³-hybridized carbons (Fsp3) is 0.261. The highest BCUT2D eigenvalue weighted by Crippen LogP contribution is 2.19. The van der Waals surface area contributed by atoms with Gasteiger partial charge in [0.1, 0.15) is 6.61 Å². The average Bonchev–Trinajstić information content (AvgIpc) is 2.72. The van der Waals surface area contributed by atoms with Crippen molar-refractivity contribution in [3.05, 3.63) is 77.9 Å². The molecule has 0 spiro atoms. The zero-order chi connectivity index (χ0) is 20.9. The normalized spacial score (nSPS) is 11.7. The molecule has 5 nitrogen and oxygen atoms in total. The van der Waals surface area contributed by atoms with Gasteiger partial charge in [-0.2, -0.15) is 0 Å². The average molecular weight is 412 g/mol. The minimum atomic E-state index is -3.69. The van der Waals surface area contributed by atoms with Crippen LogP contribution in [0, 0.1) is 0 Å². The molecule has 0 fully saturated rings. The summed E-state index contributed by atoms with van der Waals surface area (Å²) in [7, 11) is -3.69. The van der Waals surface area contributed by atoms with Gasteiger partial charge < -0.3 is 4.74 Å². The summed E-state index contributed by atoms with van der Waals surface area (Å²) in [4.78, 5) is 12.1. The van der Waals surface area contributed by atoms with Gasteiger partial charge >= 0.3 is 5.97 Å². The molecular formula is C23H25NO4S. The zero-order valence-electron chi connectivity index (χ0n) is 16.6. The van der Waals surface area contributed by atoms with Gasteiger partial charge in [0.25, 0.3) is 0 Å². The van der Waals surface area contributed by atoms with E-state index in [0.29, 0.717) is 5.92 Å². The minimum Gasteiger partial charge on any atom is -0.461 e. The molecule has 0 aliphatic carbocycles. The fourth-order valence-electron chi connectivity index (χ4n) is 2.94. The number of esters is 1. The van der Waals surface area contributed by atoms with E-state index in [4.69, 9.17) is 4.74 Å². The third kappa shape index (κ3) is 5.65. The van der Waals surface area contributed by atoms with Crippen LogP contribution < -0.4 is 4.72 Å². The van der Waals surface area contributed by atoms with Crippen molar-refractivity contribution in [1.29, 1.82) is 0 Å². The largest absolute Gasteiger partial charge is 0.461 e. The van der Waals surface area contributed by atoms with Crippen LogP contribution in [-0.2, 0) is 26.2 Å². The lowest BCUT2D eigenvalue weighted by molar-refractivity contribution is -0.144. The molecule has 152 valence electrons. The van der Waals surface area contributed by atoms with E-state index in [2.05, 4.69) is 18.6 Å². The number of benzene rings is 3. The molecule has 0 bridgehead atoms. The molecule has 6 heteroatoms. The maximum Gasteiger partial charge on any atom is 0.307 e. The van der Waals surface area contributed by atoms with Gasteiger partial charge in [-0.25, -0.2) is 13.1 Å². The SMILES string of the molecule is CC(C)c1ccc(COC(=O)CCNS(=O)(=O)c2ccc3ccccc3c2)cc1. The molecule has 0 aliphatic rings. The van der Waals surface area contributed by atoms with Crippen molar-refractivity contribution in [2.24, 2.45) is 0 Å². The first-order valence-corrected chi connectivity index (χ1v) is 11.1. The first-order valence-electron chi connectivity index (χ1n) is 9.58. The second-order valence-corrected chi connectivity index (χ2v) is 8.98. The number of rotatable bonds is 8. The van der Waals surface area contributed by atoms with Crippen LogP contribution in [-0.4, -0.2) is 20.9 Å².